The van der Waals surface area contributed by atoms with Gasteiger partial charge in [-0.2, -0.15) is 0 Å². The second kappa shape index (κ2) is 8.29. The Hall–Kier alpha value is -0.440. The van der Waals surface area contributed by atoms with E-state index in [9.17, 15) is 30.6 Å². The quantitative estimate of drug-likeness (QED) is 0.251. The Labute approximate surface area is 137 Å². The molecule has 2 rings (SSSR count). The van der Waals surface area contributed by atoms with E-state index < -0.39 is 74.6 Å². The Bertz CT molecular complexity index is 394. The summed E-state index contributed by atoms with van der Waals surface area (Å²) in [5.41, 5.74) is 0. The Morgan fingerprint density at radius 1 is 0.750 bits per heavy atom. The van der Waals surface area contributed by atoms with E-state index in [2.05, 4.69) is 0 Å². The van der Waals surface area contributed by atoms with Crippen molar-refractivity contribution in [1.82, 2.24) is 0 Å². The van der Waals surface area contributed by atoms with Gasteiger partial charge < -0.3 is 54.7 Å². The van der Waals surface area contributed by atoms with Gasteiger partial charge >= 0.3 is 0 Å². The van der Waals surface area contributed by atoms with E-state index in [0.29, 0.717) is 0 Å². The van der Waals surface area contributed by atoms with E-state index >= 15 is 0 Å². The molecule has 0 amide bonds. The summed E-state index contributed by atoms with van der Waals surface area (Å²) in [4.78, 5) is 0. The van der Waals surface area contributed by atoms with Crippen LogP contribution in [0.2, 0.25) is 0 Å². The number of ether oxygens (including phenoxy) is 4. The fourth-order valence-electron chi connectivity index (χ4n) is 2.80. The third-order valence-corrected chi connectivity index (χ3v) is 4.23. The van der Waals surface area contributed by atoms with E-state index in [4.69, 9.17) is 24.1 Å². The van der Waals surface area contributed by atoms with Crippen molar-refractivity contribution in [2.75, 3.05) is 20.3 Å². The van der Waals surface area contributed by atoms with Crippen molar-refractivity contribution in [3.8, 4) is 0 Å². The molecule has 2 aliphatic heterocycles. The fourth-order valence-corrected chi connectivity index (χ4v) is 2.80. The van der Waals surface area contributed by atoms with Gasteiger partial charge in [-0.1, -0.05) is 0 Å². The van der Waals surface area contributed by atoms with Gasteiger partial charge in [0.15, 0.2) is 12.6 Å². The molecule has 0 aromatic heterocycles. The lowest BCUT2D eigenvalue weighted by atomic mass is 9.97. The summed E-state index contributed by atoms with van der Waals surface area (Å²) in [7, 11) is 1.23. The minimum Gasteiger partial charge on any atom is -0.394 e. The van der Waals surface area contributed by atoms with Crippen LogP contribution in [0.3, 0.4) is 0 Å². The topological polar surface area (TPSA) is 179 Å². The normalized spacial score (nSPS) is 50.0. The molecule has 0 aliphatic carbocycles. The van der Waals surface area contributed by atoms with E-state index in [0.717, 1.165) is 0 Å². The first-order valence-corrected chi connectivity index (χ1v) is 7.46. The highest BCUT2D eigenvalue weighted by Crippen LogP contribution is 2.29. The molecular formula is C13H24O11. The molecule has 0 bridgehead atoms. The minimum absolute atomic E-state index is 0.608. The molecule has 2 saturated heterocycles. The molecule has 24 heavy (non-hydrogen) atoms. The zero-order valence-corrected chi connectivity index (χ0v) is 13.0. The minimum atomic E-state index is -1.68. The summed E-state index contributed by atoms with van der Waals surface area (Å²) in [5.74, 6) is 0. The van der Waals surface area contributed by atoms with E-state index in [1.165, 1.54) is 7.11 Å². The molecule has 142 valence electrons. The van der Waals surface area contributed by atoms with Crippen molar-refractivity contribution in [3.05, 3.63) is 0 Å². The second-order valence-electron chi connectivity index (χ2n) is 5.74. The maximum atomic E-state index is 10.2. The third kappa shape index (κ3) is 3.71. The molecule has 0 saturated carbocycles. The van der Waals surface area contributed by atoms with Crippen LogP contribution in [0.25, 0.3) is 0 Å². The fraction of sp³-hybridized carbons (Fsp3) is 1.00. The predicted octanol–water partition coefficient (Wildman–Crippen LogP) is -4.74. The Balaban J connectivity index is 2.16. The summed E-state index contributed by atoms with van der Waals surface area (Å²) in [6.07, 6.45) is -14.2. The lowest BCUT2D eigenvalue weighted by Crippen LogP contribution is -2.64. The van der Waals surface area contributed by atoms with Crippen molar-refractivity contribution in [2.24, 2.45) is 0 Å². The van der Waals surface area contributed by atoms with Gasteiger partial charge in [-0.15, -0.1) is 0 Å². The van der Waals surface area contributed by atoms with Crippen LogP contribution in [-0.4, -0.2) is 117 Å². The van der Waals surface area contributed by atoms with Crippen LogP contribution in [0.15, 0.2) is 0 Å². The number of hydrogen-bond donors (Lipinski definition) is 7. The highest BCUT2D eigenvalue weighted by Gasteiger charge is 2.50. The summed E-state index contributed by atoms with van der Waals surface area (Å²) in [6.45, 7) is -1.25. The molecule has 0 radical (unpaired) electrons. The van der Waals surface area contributed by atoms with Crippen LogP contribution < -0.4 is 0 Å². The van der Waals surface area contributed by atoms with Crippen LogP contribution >= 0.6 is 0 Å². The highest BCUT2D eigenvalue weighted by molar-refractivity contribution is 4.94. The molecule has 0 unspecified atom stereocenters. The second-order valence-corrected chi connectivity index (χ2v) is 5.74. The zero-order valence-electron chi connectivity index (χ0n) is 13.0. The lowest BCUT2D eigenvalue weighted by molar-refractivity contribution is -0.357. The number of hydrogen-bond acceptors (Lipinski definition) is 11. The predicted molar refractivity (Wildman–Crippen MR) is 73.4 cm³/mol. The monoisotopic (exact) mass is 356 g/mol. The maximum Gasteiger partial charge on any atom is 0.187 e. The Morgan fingerprint density at radius 2 is 1.33 bits per heavy atom. The summed E-state index contributed by atoms with van der Waals surface area (Å²) in [6, 6.07) is 0. The van der Waals surface area contributed by atoms with Crippen LogP contribution in [0.1, 0.15) is 0 Å². The number of aliphatic hydroxyl groups excluding tert-OH is 7. The molecule has 10 atom stereocenters. The highest BCUT2D eigenvalue weighted by atomic mass is 16.7. The van der Waals surface area contributed by atoms with Crippen molar-refractivity contribution < 1.29 is 54.7 Å². The van der Waals surface area contributed by atoms with Crippen molar-refractivity contribution >= 4 is 0 Å². The van der Waals surface area contributed by atoms with Gasteiger partial charge in [0.05, 0.1) is 13.2 Å². The van der Waals surface area contributed by atoms with Gasteiger partial charge in [0.2, 0.25) is 0 Å². The molecule has 0 aromatic carbocycles. The van der Waals surface area contributed by atoms with Crippen LogP contribution in [0.4, 0.5) is 0 Å². The largest absolute Gasteiger partial charge is 0.394 e. The molecule has 0 spiro atoms. The molecule has 0 aromatic rings. The first-order chi connectivity index (χ1) is 11.3. The number of rotatable bonds is 5. The van der Waals surface area contributed by atoms with Gasteiger partial charge in [0.1, 0.15) is 48.8 Å². The maximum absolute atomic E-state index is 10.2. The first kappa shape index (κ1) is 19.9. The van der Waals surface area contributed by atoms with Gasteiger partial charge in [-0.05, 0) is 0 Å². The number of methoxy groups -OCH3 is 1. The van der Waals surface area contributed by atoms with E-state index in [1.54, 1.807) is 0 Å². The Kier molecular flexibility index (Phi) is 6.87. The summed E-state index contributed by atoms with van der Waals surface area (Å²) >= 11 is 0. The van der Waals surface area contributed by atoms with Crippen molar-refractivity contribution in [3.63, 3.8) is 0 Å². The molecule has 7 N–H and O–H groups in total. The van der Waals surface area contributed by atoms with Gasteiger partial charge in [0, 0.05) is 7.11 Å². The first-order valence-electron chi connectivity index (χ1n) is 7.46. The smallest absolute Gasteiger partial charge is 0.187 e. The SMILES string of the molecule is CO[C@@H]1[C@@H](O[C@@H]2O[C@H](CO)[C@H](O)[C@H](O)[C@H]2O)[C@H](O)[C@@H](CO)O[C@H]1O. The van der Waals surface area contributed by atoms with Crippen molar-refractivity contribution in [2.45, 2.75) is 61.4 Å². The summed E-state index contributed by atoms with van der Waals surface area (Å²) in [5, 5.41) is 67.9. The Morgan fingerprint density at radius 3 is 1.88 bits per heavy atom. The van der Waals surface area contributed by atoms with Crippen LogP contribution in [0, 0.1) is 0 Å². The molecule has 11 heteroatoms. The molecular weight excluding hydrogens is 332 g/mol. The standard InChI is InChI=1S/C13H24O11/c1-21-11-10(7(17)5(3-15)22-12(11)20)24-13-9(19)8(18)6(16)4(2-14)23-13/h4-20H,2-3H2,1H3/t4-,5-,6+,7-,8+,9-,10+,11-,12-,13+/m1/s1. The average Bonchev–Trinajstić information content (AvgIpc) is 2.58. The third-order valence-electron chi connectivity index (χ3n) is 4.23. The van der Waals surface area contributed by atoms with Crippen molar-refractivity contribution in [1.29, 1.82) is 0 Å². The van der Waals surface area contributed by atoms with Gasteiger partial charge in [-0.3, -0.25) is 0 Å². The van der Waals surface area contributed by atoms with E-state index in [-0.39, 0.29) is 0 Å². The van der Waals surface area contributed by atoms with Gasteiger partial charge in [-0.25, -0.2) is 0 Å². The molecule has 2 fully saturated rings. The molecule has 11 nitrogen and oxygen atoms in total. The summed E-state index contributed by atoms with van der Waals surface area (Å²) < 4.78 is 20.6. The van der Waals surface area contributed by atoms with Crippen LogP contribution in [-0.2, 0) is 18.9 Å². The molecule has 2 heterocycles. The van der Waals surface area contributed by atoms with E-state index in [1.807, 2.05) is 0 Å². The van der Waals surface area contributed by atoms with Crippen LogP contribution in [0.5, 0.6) is 0 Å². The zero-order chi connectivity index (χ0) is 18.0. The lowest BCUT2D eigenvalue weighted by Gasteiger charge is -2.45. The number of aliphatic hydroxyl groups is 7. The average molecular weight is 356 g/mol. The molecule has 2 aliphatic rings. The van der Waals surface area contributed by atoms with Gasteiger partial charge in [0.25, 0.3) is 0 Å².